The van der Waals surface area contributed by atoms with Crippen molar-refractivity contribution in [2.24, 2.45) is 0 Å². The zero-order valence-electron chi connectivity index (χ0n) is 13.0. The van der Waals surface area contributed by atoms with Crippen LogP contribution in [0.5, 0.6) is 0 Å². The average molecular weight is 295 g/mol. The zero-order valence-corrected chi connectivity index (χ0v) is 13.0. The van der Waals surface area contributed by atoms with E-state index in [1.807, 2.05) is 67.3 Å². The van der Waals surface area contributed by atoms with Crippen molar-refractivity contribution in [2.45, 2.75) is 32.3 Å². The van der Waals surface area contributed by atoms with Gasteiger partial charge < -0.3 is 10.0 Å². The van der Waals surface area contributed by atoms with Crippen LogP contribution in [0.1, 0.15) is 42.6 Å². The molecule has 0 fully saturated rings. The Bertz CT molecular complexity index is 681. The number of anilines is 1. The van der Waals surface area contributed by atoms with E-state index in [0.29, 0.717) is 13.0 Å². The van der Waals surface area contributed by atoms with Gasteiger partial charge in [-0.15, -0.1) is 0 Å². The quantitative estimate of drug-likeness (QED) is 0.938. The third kappa shape index (κ3) is 2.53. The van der Waals surface area contributed by atoms with Crippen LogP contribution in [0.3, 0.4) is 0 Å². The van der Waals surface area contributed by atoms with Gasteiger partial charge >= 0.3 is 0 Å². The van der Waals surface area contributed by atoms with Gasteiger partial charge in [-0.25, -0.2) is 0 Å². The molecule has 2 aromatic rings. The lowest BCUT2D eigenvalue weighted by Gasteiger charge is -2.16. The van der Waals surface area contributed by atoms with Crippen LogP contribution in [-0.2, 0) is 11.2 Å². The van der Waals surface area contributed by atoms with Crippen molar-refractivity contribution in [1.29, 1.82) is 0 Å². The fourth-order valence-electron chi connectivity index (χ4n) is 3.14. The third-order valence-electron chi connectivity index (χ3n) is 4.42. The second kappa shape index (κ2) is 5.93. The van der Waals surface area contributed by atoms with Crippen LogP contribution in [0, 0.1) is 0 Å². The van der Waals surface area contributed by atoms with E-state index in [2.05, 4.69) is 0 Å². The fraction of sp³-hybridized carbons (Fsp3) is 0.316. The van der Waals surface area contributed by atoms with Crippen molar-refractivity contribution >= 4 is 11.6 Å². The number of hydrogen-bond donors (Lipinski definition) is 1. The topological polar surface area (TPSA) is 40.5 Å². The molecule has 0 aliphatic carbocycles. The molecular formula is C19H21NO2. The Morgan fingerprint density at radius 3 is 2.59 bits per heavy atom. The summed E-state index contributed by atoms with van der Waals surface area (Å²) in [6.45, 7) is 4.60. The summed E-state index contributed by atoms with van der Waals surface area (Å²) >= 11 is 0. The number of benzene rings is 2. The summed E-state index contributed by atoms with van der Waals surface area (Å²) in [4.78, 5) is 14.0. The number of hydrogen-bond acceptors (Lipinski definition) is 2. The van der Waals surface area contributed by atoms with Crippen LogP contribution in [0.15, 0.2) is 48.5 Å². The van der Waals surface area contributed by atoms with Gasteiger partial charge in [0, 0.05) is 18.7 Å². The summed E-state index contributed by atoms with van der Waals surface area (Å²) in [6.07, 6.45) is 0.0325. The number of nitrogens with zero attached hydrogens (tertiary/aromatic N) is 1. The summed E-state index contributed by atoms with van der Waals surface area (Å²) in [5.74, 6) is 0.0195. The molecule has 1 N–H and O–H groups in total. The van der Waals surface area contributed by atoms with E-state index in [9.17, 15) is 9.90 Å². The SMILES string of the molecule is CCN1C(=O)C(C)c2cc(C(O)Cc3ccccc3)ccc21. The molecule has 3 heteroatoms. The minimum atomic E-state index is -0.550. The number of aliphatic hydroxyl groups excluding tert-OH is 1. The molecule has 114 valence electrons. The van der Waals surface area contributed by atoms with Gasteiger partial charge in [-0.1, -0.05) is 42.5 Å². The zero-order chi connectivity index (χ0) is 15.7. The highest BCUT2D eigenvalue weighted by Gasteiger charge is 2.33. The normalized spacial score (nSPS) is 18.4. The standard InChI is InChI=1S/C19H21NO2/c1-3-20-17-10-9-15(12-16(17)13(2)19(20)22)18(21)11-14-7-5-4-6-8-14/h4-10,12-13,18,21H,3,11H2,1-2H3. The lowest BCUT2D eigenvalue weighted by Crippen LogP contribution is -2.27. The molecule has 3 nitrogen and oxygen atoms in total. The van der Waals surface area contributed by atoms with Crippen molar-refractivity contribution in [1.82, 2.24) is 0 Å². The van der Waals surface area contributed by atoms with Gasteiger partial charge in [-0.3, -0.25) is 4.79 Å². The Balaban J connectivity index is 1.87. The molecule has 2 aromatic carbocycles. The summed E-state index contributed by atoms with van der Waals surface area (Å²) < 4.78 is 0. The summed E-state index contributed by atoms with van der Waals surface area (Å²) in [5, 5.41) is 10.5. The fourth-order valence-corrected chi connectivity index (χ4v) is 3.14. The summed E-state index contributed by atoms with van der Waals surface area (Å²) in [5.41, 5.74) is 3.99. The number of carbonyl (C=O) groups is 1. The van der Waals surface area contributed by atoms with E-state index in [4.69, 9.17) is 0 Å². The van der Waals surface area contributed by atoms with Gasteiger partial charge in [-0.05, 0) is 36.6 Å². The van der Waals surface area contributed by atoms with Crippen molar-refractivity contribution < 1.29 is 9.90 Å². The number of rotatable bonds is 4. The number of carbonyl (C=O) groups excluding carboxylic acids is 1. The maximum atomic E-state index is 12.2. The highest BCUT2D eigenvalue weighted by Crippen LogP contribution is 2.38. The van der Waals surface area contributed by atoms with Crippen molar-refractivity contribution in [3.63, 3.8) is 0 Å². The van der Waals surface area contributed by atoms with Crippen molar-refractivity contribution in [3.8, 4) is 0 Å². The smallest absolute Gasteiger partial charge is 0.234 e. The molecule has 1 amide bonds. The number of fused-ring (bicyclic) bond motifs is 1. The first-order valence-electron chi connectivity index (χ1n) is 7.79. The Morgan fingerprint density at radius 1 is 1.18 bits per heavy atom. The Morgan fingerprint density at radius 2 is 1.91 bits per heavy atom. The van der Waals surface area contributed by atoms with Crippen LogP contribution < -0.4 is 4.90 Å². The van der Waals surface area contributed by atoms with E-state index < -0.39 is 6.10 Å². The van der Waals surface area contributed by atoms with E-state index in [0.717, 1.165) is 22.4 Å². The van der Waals surface area contributed by atoms with E-state index >= 15 is 0 Å². The van der Waals surface area contributed by atoms with Crippen molar-refractivity contribution in [2.75, 3.05) is 11.4 Å². The van der Waals surface area contributed by atoms with Gasteiger partial charge in [0.05, 0.1) is 12.0 Å². The van der Waals surface area contributed by atoms with Gasteiger partial charge in [0.25, 0.3) is 0 Å². The van der Waals surface area contributed by atoms with Crippen molar-refractivity contribution in [3.05, 3.63) is 65.2 Å². The lowest BCUT2D eigenvalue weighted by molar-refractivity contribution is -0.118. The number of aliphatic hydroxyl groups is 1. The number of amides is 1. The third-order valence-corrected chi connectivity index (χ3v) is 4.42. The first kappa shape index (κ1) is 14.8. The van der Waals surface area contributed by atoms with Crippen LogP contribution in [0.4, 0.5) is 5.69 Å². The second-order valence-corrected chi connectivity index (χ2v) is 5.83. The second-order valence-electron chi connectivity index (χ2n) is 5.83. The highest BCUT2D eigenvalue weighted by atomic mass is 16.3. The molecule has 0 bridgehead atoms. The molecule has 0 saturated carbocycles. The number of likely N-dealkylation sites (N-methyl/N-ethyl adjacent to an activating group) is 1. The van der Waals surface area contributed by atoms with E-state index in [1.165, 1.54) is 0 Å². The maximum absolute atomic E-state index is 12.2. The Hall–Kier alpha value is -2.13. The predicted molar refractivity (Wildman–Crippen MR) is 88.0 cm³/mol. The largest absolute Gasteiger partial charge is 0.388 e. The predicted octanol–water partition coefficient (Wildman–Crippen LogP) is 3.43. The lowest BCUT2D eigenvalue weighted by atomic mass is 9.96. The van der Waals surface area contributed by atoms with Crippen LogP contribution in [0.25, 0.3) is 0 Å². The van der Waals surface area contributed by atoms with Crippen LogP contribution >= 0.6 is 0 Å². The Labute approximate surface area is 131 Å². The maximum Gasteiger partial charge on any atom is 0.234 e. The van der Waals surface area contributed by atoms with Gasteiger partial charge in [0.15, 0.2) is 0 Å². The Kier molecular flexibility index (Phi) is 3.99. The summed E-state index contributed by atoms with van der Waals surface area (Å²) in [7, 11) is 0. The minimum Gasteiger partial charge on any atom is -0.388 e. The molecule has 0 saturated heterocycles. The first-order chi connectivity index (χ1) is 10.6. The molecule has 0 radical (unpaired) electrons. The van der Waals surface area contributed by atoms with E-state index in [-0.39, 0.29) is 11.8 Å². The molecule has 2 atom stereocenters. The summed E-state index contributed by atoms with van der Waals surface area (Å²) in [6, 6.07) is 15.8. The van der Waals surface area contributed by atoms with E-state index in [1.54, 1.807) is 0 Å². The van der Waals surface area contributed by atoms with Crippen LogP contribution in [-0.4, -0.2) is 17.6 Å². The molecule has 22 heavy (non-hydrogen) atoms. The molecular weight excluding hydrogens is 274 g/mol. The van der Waals surface area contributed by atoms with Crippen LogP contribution in [0.2, 0.25) is 0 Å². The molecule has 2 unspecified atom stereocenters. The molecule has 1 aliphatic heterocycles. The monoisotopic (exact) mass is 295 g/mol. The minimum absolute atomic E-state index is 0.126. The van der Waals surface area contributed by atoms with Gasteiger partial charge in [-0.2, -0.15) is 0 Å². The average Bonchev–Trinajstić information content (AvgIpc) is 2.79. The van der Waals surface area contributed by atoms with Gasteiger partial charge in [0.1, 0.15) is 0 Å². The molecule has 0 spiro atoms. The molecule has 1 heterocycles. The van der Waals surface area contributed by atoms with Gasteiger partial charge in [0.2, 0.25) is 5.91 Å². The molecule has 0 aromatic heterocycles. The first-order valence-corrected chi connectivity index (χ1v) is 7.79. The molecule has 1 aliphatic rings. The molecule has 3 rings (SSSR count). The highest BCUT2D eigenvalue weighted by molar-refractivity contribution is 6.04.